The highest BCUT2D eigenvalue weighted by atomic mass is 16.7. The van der Waals surface area contributed by atoms with Gasteiger partial charge >= 0.3 is 0 Å². The average molecular weight is 683 g/mol. The zero-order valence-corrected chi connectivity index (χ0v) is 29.2. The number of aliphatic hydroxyl groups excluding tert-OH is 1. The van der Waals surface area contributed by atoms with Crippen LogP contribution in [0.15, 0.2) is 0 Å². The van der Waals surface area contributed by atoms with Gasteiger partial charge in [-0.25, -0.2) is 0 Å². The number of nitrogens with one attached hydrogen (secondary N) is 3. The summed E-state index contributed by atoms with van der Waals surface area (Å²) in [6, 6.07) is -4.50. The lowest BCUT2D eigenvalue weighted by atomic mass is 10.0. The maximum atomic E-state index is 13.3. The molecule has 14 nitrogen and oxygen atoms in total. The Hall–Kier alpha value is -3.10. The van der Waals surface area contributed by atoms with E-state index in [9.17, 15) is 33.9 Å². The van der Waals surface area contributed by atoms with Gasteiger partial charge in [-0.1, -0.05) is 90.9 Å². The number of likely N-dealkylation sites (tertiary alicyclic amines) is 1. The molecule has 0 spiro atoms. The lowest BCUT2D eigenvalue weighted by molar-refractivity contribution is -0.144. The van der Waals surface area contributed by atoms with Crippen LogP contribution in [0.25, 0.3) is 0 Å². The number of carbonyl (C=O) groups is 6. The maximum absolute atomic E-state index is 13.3. The molecule has 1 heterocycles. The molecule has 5 atom stereocenters. The molecule has 0 saturated carbocycles. The van der Waals surface area contributed by atoms with Crippen molar-refractivity contribution in [3.05, 3.63) is 0 Å². The second kappa shape index (κ2) is 25.9. The highest BCUT2D eigenvalue weighted by Gasteiger charge is 2.38. The molecular formula is C34H62N6O8. The van der Waals surface area contributed by atoms with Crippen molar-refractivity contribution in [1.82, 2.24) is 21.0 Å². The highest BCUT2D eigenvalue weighted by molar-refractivity contribution is 5.95. The molecular weight excluding hydrogens is 620 g/mol. The molecule has 8 N–H and O–H groups in total. The molecule has 0 aromatic carbocycles. The first-order valence-corrected chi connectivity index (χ1v) is 18.0. The number of amides is 5. The van der Waals surface area contributed by atoms with Crippen LogP contribution in [0, 0.1) is 0 Å². The topological polar surface area (TPSA) is 223 Å². The fraction of sp³-hybridized carbons (Fsp3) is 0.824. The van der Waals surface area contributed by atoms with Crippen LogP contribution in [0.5, 0.6) is 0 Å². The van der Waals surface area contributed by atoms with Crippen molar-refractivity contribution in [1.29, 1.82) is 0 Å². The number of primary amides is 2. The Morgan fingerprint density at radius 3 is 1.98 bits per heavy atom. The summed E-state index contributed by atoms with van der Waals surface area (Å²) in [5.41, 5.74) is 13.2. The van der Waals surface area contributed by atoms with Gasteiger partial charge in [0.1, 0.15) is 24.4 Å². The van der Waals surface area contributed by atoms with E-state index in [0.29, 0.717) is 25.5 Å². The Morgan fingerprint density at radius 2 is 1.46 bits per heavy atom. The van der Waals surface area contributed by atoms with Gasteiger partial charge in [-0.2, -0.15) is 5.48 Å². The number of aldehydes is 1. The predicted molar refractivity (Wildman–Crippen MR) is 182 cm³/mol. The van der Waals surface area contributed by atoms with Crippen LogP contribution < -0.4 is 27.6 Å². The van der Waals surface area contributed by atoms with Crippen LogP contribution in [-0.4, -0.2) is 89.3 Å². The minimum Gasteiger partial charge on any atom is -0.394 e. The van der Waals surface area contributed by atoms with E-state index in [1.165, 1.54) is 62.7 Å². The van der Waals surface area contributed by atoms with Gasteiger partial charge in [-0.05, 0) is 32.1 Å². The van der Waals surface area contributed by atoms with Crippen LogP contribution in [0.3, 0.4) is 0 Å². The maximum Gasteiger partial charge on any atom is 0.248 e. The molecule has 0 bridgehead atoms. The van der Waals surface area contributed by atoms with Gasteiger partial charge in [0.2, 0.25) is 29.5 Å². The van der Waals surface area contributed by atoms with Gasteiger partial charge in [0.15, 0.2) is 0 Å². The van der Waals surface area contributed by atoms with Gasteiger partial charge in [0.05, 0.1) is 25.2 Å². The van der Waals surface area contributed by atoms with Crippen molar-refractivity contribution in [3.8, 4) is 0 Å². The third-order valence-electron chi connectivity index (χ3n) is 8.76. The van der Waals surface area contributed by atoms with Crippen molar-refractivity contribution in [3.63, 3.8) is 0 Å². The number of hydrogen-bond donors (Lipinski definition) is 6. The molecule has 276 valence electrons. The van der Waals surface area contributed by atoms with Crippen LogP contribution >= 0.6 is 0 Å². The zero-order valence-electron chi connectivity index (χ0n) is 29.2. The first kappa shape index (κ1) is 42.9. The number of nitrogens with zero attached hydrogens (tertiary/aromatic N) is 1. The minimum absolute atomic E-state index is 0.0229. The highest BCUT2D eigenvalue weighted by Crippen LogP contribution is 2.19. The fourth-order valence-corrected chi connectivity index (χ4v) is 5.84. The lowest BCUT2D eigenvalue weighted by Crippen LogP contribution is -2.58. The summed E-state index contributed by atoms with van der Waals surface area (Å²) in [5.74, 6) is -3.43. The molecule has 0 aromatic heterocycles. The van der Waals surface area contributed by atoms with Crippen molar-refractivity contribution in [2.45, 2.75) is 166 Å². The standard InChI is InChI=1S/C34H62N6O8/c1-3-5-6-7-8-9-10-11-12-13-14-15-17-26(4-2)48-39-27(22-31(36)44)32(45)38-28(24-42)34(47)40-21-16-18-29(40)33(46)37-25(23-41)19-20-30(35)43/h23,25-29,39,42H,3-22,24H2,1-2H3,(H2,35,43)(H2,36,44)(H,37,46)(H,38,45)/t25-,26?,27-,28-,29-/m0/s1. The molecule has 1 aliphatic heterocycles. The number of nitrogens with two attached hydrogens (primary N) is 2. The molecule has 0 aromatic rings. The number of aliphatic hydroxyl groups is 1. The quantitative estimate of drug-likeness (QED) is 0.0385. The van der Waals surface area contributed by atoms with E-state index in [2.05, 4.69) is 23.0 Å². The number of hydroxylamine groups is 1. The number of unbranched alkanes of at least 4 members (excludes halogenated alkanes) is 11. The van der Waals surface area contributed by atoms with Crippen molar-refractivity contribution in [2.24, 2.45) is 11.5 Å². The Bertz CT molecular complexity index is 983. The van der Waals surface area contributed by atoms with E-state index < -0.39 is 66.7 Å². The third-order valence-corrected chi connectivity index (χ3v) is 8.76. The fourth-order valence-electron chi connectivity index (χ4n) is 5.84. The molecule has 1 unspecified atom stereocenters. The van der Waals surface area contributed by atoms with Crippen LogP contribution in [0.1, 0.15) is 136 Å². The summed E-state index contributed by atoms with van der Waals surface area (Å²) in [6.45, 7) is 3.63. The first-order valence-electron chi connectivity index (χ1n) is 18.0. The van der Waals surface area contributed by atoms with E-state index in [4.69, 9.17) is 16.3 Å². The van der Waals surface area contributed by atoms with Gasteiger partial charge in [-0.3, -0.25) is 28.8 Å². The molecule has 0 aliphatic carbocycles. The predicted octanol–water partition coefficient (Wildman–Crippen LogP) is 2.04. The van der Waals surface area contributed by atoms with E-state index in [0.717, 1.165) is 25.7 Å². The average Bonchev–Trinajstić information content (AvgIpc) is 3.56. The smallest absolute Gasteiger partial charge is 0.248 e. The van der Waals surface area contributed by atoms with E-state index in [-0.39, 0.29) is 25.5 Å². The van der Waals surface area contributed by atoms with Crippen LogP contribution in [0.2, 0.25) is 0 Å². The molecule has 1 aliphatic rings. The summed E-state index contributed by atoms with van der Waals surface area (Å²) in [6.07, 6.45) is 17.0. The summed E-state index contributed by atoms with van der Waals surface area (Å²) < 4.78 is 0. The van der Waals surface area contributed by atoms with E-state index in [1.54, 1.807) is 0 Å². The third kappa shape index (κ3) is 17.9. The number of carbonyl (C=O) groups excluding carboxylic acids is 6. The van der Waals surface area contributed by atoms with Crippen LogP contribution in [-0.2, 0) is 33.6 Å². The Kier molecular flexibility index (Phi) is 23.1. The minimum atomic E-state index is -1.40. The first-order chi connectivity index (χ1) is 23.1. The molecule has 1 saturated heterocycles. The summed E-state index contributed by atoms with van der Waals surface area (Å²) in [7, 11) is 0. The van der Waals surface area contributed by atoms with Gasteiger partial charge in [-0.15, -0.1) is 0 Å². The summed E-state index contributed by atoms with van der Waals surface area (Å²) in [5, 5.41) is 15.0. The van der Waals surface area contributed by atoms with E-state index in [1.807, 2.05) is 6.92 Å². The normalized spacial score (nSPS) is 16.9. The Morgan fingerprint density at radius 1 is 0.854 bits per heavy atom. The van der Waals surface area contributed by atoms with Gasteiger partial charge < -0.3 is 36.9 Å². The van der Waals surface area contributed by atoms with Crippen LogP contribution in [0.4, 0.5) is 0 Å². The molecule has 1 rings (SSSR count). The molecule has 1 fully saturated rings. The second-order valence-electron chi connectivity index (χ2n) is 12.9. The van der Waals surface area contributed by atoms with Gasteiger partial charge in [0.25, 0.3) is 0 Å². The molecule has 48 heavy (non-hydrogen) atoms. The largest absolute Gasteiger partial charge is 0.394 e. The molecule has 0 radical (unpaired) electrons. The van der Waals surface area contributed by atoms with E-state index >= 15 is 0 Å². The molecule has 5 amide bonds. The van der Waals surface area contributed by atoms with Crippen molar-refractivity contribution in [2.75, 3.05) is 13.2 Å². The Labute approximate surface area is 286 Å². The number of rotatable bonds is 29. The lowest BCUT2D eigenvalue weighted by Gasteiger charge is -2.29. The second-order valence-corrected chi connectivity index (χ2v) is 12.9. The van der Waals surface area contributed by atoms with Gasteiger partial charge in [0, 0.05) is 13.0 Å². The summed E-state index contributed by atoms with van der Waals surface area (Å²) >= 11 is 0. The molecule has 14 heteroatoms. The van der Waals surface area contributed by atoms with Crippen molar-refractivity contribution < 1.29 is 38.7 Å². The number of hydrogen-bond acceptors (Lipinski definition) is 9. The zero-order chi connectivity index (χ0) is 35.7. The SMILES string of the molecule is CCCCCCCCCCCCCCC(CC)ON[C@@H](CC(N)=O)C(=O)N[C@@H](CO)C(=O)N1CCC[C@H]1C(=O)N[C@H](C=O)CCC(N)=O. The summed E-state index contributed by atoms with van der Waals surface area (Å²) in [4.78, 5) is 80.7. The Balaban J connectivity index is 2.59. The van der Waals surface area contributed by atoms with Crippen molar-refractivity contribution >= 4 is 35.8 Å². The monoisotopic (exact) mass is 682 g/mol.